The molecule has 2 aromatic rings. The van der Waals surface area contributed by atoms with Crippen LogP contribution in [-0.2, 0) is 9.59 Å². The molecule has 0 bridgehead atoms. The minimum atomic E-state index is -0.747. The van der Waals surface area contributed by atoms with E-state index in [0.29, 0.717) is 11.4 Å². The standard InChI is InChI=1S/C19H20N2O3/c1-12-7-6-8-15(13(12)2)20-19(23)18-11-21(14(3)22)16-9-4-5-10-17(16)24-18/h4-10,18H,11H2,1-3H3,(H,20,23). The van der Waals surface area contributed by atoms with Gasteiger partial charge in [-0.15, -0.1) is 0 Å². The van der Waals surface area contributed by atoms with Crippen LogP contribution >= 0.6 is 0 Å². The number of nitrogens with one attached hydrogen (secondary N) is 1. The van der Waals surface area contributed by atoms with E-state index in [2.05, 4.69) is 5.32 Å². The maximum absolute atomic E-state index is 12.6. The van der Waals surface area contributed by atoms with Crippen LogP contribution in [0, 0.1) is 13.8 Å². The number of ether oxygens (including phenoxy) is 1. The quantitative estimate of drug-likeness (QED) is 0.923. The lowest BCUT2D eigenvalue weighted by molar-refractivity contribution is -0.123. The van der Waals surface area contributed by atoms with Crippen LogP contribution in [-0.4, -0.2) is 24.5 Å². The van der Waals surface area contributed by atoms with E-state index in [1.54, 1.807) is 11.0 Å². The summed E-state index contributed by atoms with van der Waals surface area (Å²) < 4.78 is 5.81. The fourth-order valence-electron chi connectivity index (χ4n) is 2.77. The maximum atomic E-state index is 12.6. The van der Waals surface area contributed by atoms with Crippen molar-refractivity contribution in [1.82, 2.24) is 0 Å². The number of fused-ring (bicyclic) bond motifs is 1. The van der Waals surface area contributed by atoms with Crippen molar-refractivity contribution in [3.05, 3.63) is 53.6 Å². The molecule has 1 aliphatic heterocycles. The molecule has 0 saturated heterocycles. The van der Waals surface area contributed by atoms with Crippen molar-refractivity contribution in [2.45, 2.75) is 26.9 Å². The molecule has 24 heavy (non-hydrogen) atoms. The van der Waals surface area contributed by atoms with Crippen molar-refractivity contribution in [2.75, 3.05) is 16.8 Å². The molecule has 3 rings (SSSR count). The second kappa shape index (κ2) is 6.35. The zero-order valence-electron chi connectivity index (χ0n) is 14.0. The number of hydrogen-bond donors (Lipinski definition) is 1. The summed E-state index contributed by atoms with van der Waals surface area (Å²) in [5.74, 6) is 0.166. The zero-order valence-corrected chi connectivity index (χ0v) is 14.0. The Morgan fingerprint density at radius 3 is 2.62 bits per heavy atom. The number of carbonyl (C=O) groups is 2. The smallest absolute Gasteiger partial charge is 0.267 e. The maximum Gasteiger partial charge on any atom is 0.267 e. The van der Waals surface area contributed by atoms with E-state index in [-0.39, 0.29) is 18.4 Å². The Bertz CT molecular complexity index is 801. The summed E-state index contributed by atoms with van der Waals surface area (Å²) in [5.41, 5.74) is 3.58. The molecule has 2 aromatic carbocycles. The Kier molecular flexibility index (Phi) is 4.25. The number of anilines is 2. The van der Waals surface area contributed by atoms with Crippen molar-refractivity contribution in [1.29, 1.82) is 0 Å². The first-order valence-electron chi connectivity index (χ1n) is 7.88. The highest BCUT2D eigenvalue weighted by atomic mass is 16.5. The minimum Gasteiger partial charge on any atom is -0.476 e. The largest absolute Gasteiger partial charge is 0.476 e. The number of para-hydroxylation sites is 2. The molecule has 0 fully saturated rings. The second-order valence-electron chi connectivity index (χ2n) is 5.94. The van der Waals surface area contributed by atoms with Crippen LogP contribution in [0.25, 0.3) is 0 Å². The van der Waals surface area contributed by atoms with Crippen LogP contribution in [0.1, 0.15) is 18.1 Å². The fraction of sp³-hybridized carbons (Fsp3) is 0.263. The summed E-state index contributed by atoms with van der Waals surface area (Å²) in [6.07, 6.45) is -0.747. The Morgan fingerprint density at radius 1 is 1.12 bits per heavy atom. The number of hydrogen-bond acceptors (Lipinski definition) is 3. The van der Waals surface area contributed by atoms with Crippen molar-refractivity contribution >= 4 is 23.2 Å². The van der Waals surface area contributed by atoms with Gasteiger partial charge in [0.15, 0.2) is 6.10 Å². The summed E-state index contributed by atoms with van der Waals surface area (Å²) in [4.78, 5) is 26.1. The van der Waals surface area contributed by atoms with Gasteiger partial charge in [-0.3, -0.25) is 9.59 Å². The van der Waals surface area contributed by atoms with Gasteiger partial charge in [-0.05, 0) is 43.2 Å². The van der Waals surface area contributed by atoms with Crippen LogP contribution in [0.4, 0.5) is 11.4 Å². The van der Waals surface area contributed by atoms with E-state index >= 15 is 0 Å². The highest BCUT2D eigenvalue weighted by Gasteiger charge is 2.32. The van der Waals surface area contributed by atoms with Gasteiger partial charge in [-0.25, -0.2) is 0 Å². The third kappa shape index (κ3) is 2.97. The highest BCUT2D eigenvalue weighted by molar-refractivity contribution is 5.99. The zero-order chi connectivity index (χ0) is 17.3. The number of nitrogens with zero attached hydrogens (tertiary/aromatic N) is 1. The van der Waals surface area contributed by atoms with Gasteiger partial charge in [0, 0.05) is 12.6 Å². The van der Waals surface area contributed by atoms with E-state index in [1.165, 1.54) is 6.92 Å². The first-order chi connectivity index (χ1) is 11.5. The molecule has 1 heterocycles. The van der Waals surface area contributed by atoms with E-state index in [4.69, 9.17) is 4.74 Å². The Hall–Kier alpha value is -2.82. The summed E-state index contributed by atoms with van der Waals surface area (Å²) in [6.45, 7) is 5.64. The predicted molar refractivity (Wildman–Crippen MR) is 93.4 cm³/mol. The molecule has 1 unspecified atom stereocenters. The molecule has 1 N–H and O–H groups in total. The third-order valence-electron chi connectivity index (χ3n) is 4.31. The third-order valence-corrected chi connectivity index (χ3v) is 4.31. The van der Waals surface area contributed by atoms with E-state index in [0.717, 1.165) is 16.8 Å². The molecule has 1 atom stereocenters. The average Bonchev–Trinajstić information content (AvgIpc) is 2.57. The lowest BCUT2D eigenvalue weighted by Gasteiger charge is -2.33. The summed E-state index contributed by atoms with van der Waals surface area (Å²) in [5, 5.41) is 2.91. The van der Waals surface area contributed by atoms with Crippen molar-refractivity contribution < 1.29 is 14.3 Å². The van der Waals surface area contributed by atoms with Gasteiger partial charge in [0.2, 0.25) is 5.91 Å². The first kappa shape index (κ1) is 16.1. The van der Waals surface area contributed by atoms with Gasteiger partial charge in [-0.2, -0.15) is 0 Å². The minimum absolute atomic E-state index is 0.115. The number of rotatable bonds is 2. The Balaban J connectivity index is 1.84. The van der Waals surface area contributed by atoms with Crippen LogP contribution in [0.2, 0.25) is 0 Å². The molecule has 1 aliphatic rings. The van der Waals surface area contributed by atoms with Gasteiger partial charge >= 0.3 is 0 Å². The van der Waals surface area contributed by atoms with Gasteiger partial charge in [0.05, 0.1) is 12.2 Å². The van der Waals surface area contributed by atoms with Gasteiger partial charge in [0.1, 0.15) is 5.75 Å². The molecule has 5 heteroatoms. The Labute approximate surface area is 141 Å². The summed E-state index contributed by atoms with van der Waals surface area (Å²) in [6, 6.07) is 13.0. The topological polar surface area (TPSA) is 58.6 Å². The molecule has 0 aliphatic carbocycles. The Morgan fingerprint density at radius 2 is 1.88 bits per heavy atom. The van der Waals surface area contributed by atoms with Gasteiger partial charge in [0.25, 0.3) is 5.91 Å². The summed E-state index contributed by atoms with van der Waals surface area (Å²) in [7, 11) is 0. The summed E-state index contributed by atoms with van der Waals surface area (Å²) >= 11 is 0. The molecule has 124 valence electrons. The van der Waals surface area contributed by atoms with Crippen molar-refractivity contribution in [2.24, 2.45) is 0 Å². The van der Waals surface area contributed by atoms with Gasteiger partial charge in [-0.1, -0.05) is 24.3 Å². The monoisotopic (exact) mass is 324 g/mol. The lowest BCUT2D eigenvalue weighted by Crippen LogP contribution is -2.48. The lowest BCUT2D eigenvalue weighted by atomic mass is 10.1. The molecule has 0 saturated carbocycles. The number of aryl methyl sites for hydroxylation is 1. The van der Waals surface area contributed by atoms with E-state index < -0.39 is 6.10 Å². The highest BCUT2D eigenvalue weighted by Crippen LogP contribution is 2.33. The molecule has 2 amide bonds. The molecular weight excluding hydrogens is 304 g/mol. The molecular formula is C19H20N2O3. The molecule has 0 spiro atoms. The molecule has 5 nitrogen and oxygen atoms in total. The van der Waals surface area contributed by atoms with Crippen molar-refractivity contribution in [3.63, 3.8) is 0 Å². The van der Waals surface area contributed by atoms with Crippen LogP contribution in [0.15, 0.2) is 42.5 Å². The van der Waals surface area contributed by atoms with E-state index in [1.807, 2.05) is 50.2 Å². The predicted octanol–water partition coefficient (Wildman–Crippen LogP) is 3.06. The number of amides is 2. The van der Waals surface area contributed by atoms with E-state index in [9.17, 15) is 9.59 Å². The normalized spacial score (nSPS) is 16.1. The number of benzene rings is 2. The number of carbonyl (C=O) groups excluding carboxylic acids is 2. The van der Waals surface area contributed by atoms with Crippen LogP contribution < -0.4 is 15.0 Å². The second-order valence-corrected chi connectivity index (χ2v) is 5.94. The van der Waals surface area contributed by atoms with Crippen LogP contribution in [0.3, 0.4) is 0 Å². The van der Waals surface area contributed by atoms with Gasteiger partial charge < -0.3 is 15.0 Å². The average molecular weight is 324 g/mol. The SMILES string of the molecule is CC(=O)N1CC(C(=O)Nc2cccc(C)c2C)Oc2ccccc21. The van der Waals surface area contributed by atoms with Crippen LogP contribution in [0.5, 0.6) is 5.75 Å². The fourth-order valence-corrected chi connectivity index (χ4v) is 2.77. The first-order valence-corrected chi connectivity index (χ1v) is 7.88. The molecule has 0 aromatic heterocycles. The molecule has 0 radical (unpaired) electrons. The van der Waals surface area contributed by atoms with Crippen molar-refractivity contribution in [3.8, 4) is 5.75 Å².